The van der Waals surface area contributed by atoms with Crippen LogP contribution in [0.3, 0.4) is 0 Å². The van der Waals surface area contributed by atoms with Crippen molar-refractivity contribution in [2.24, 2.45) is 0 Å². The Morgan fingerprint density at radius 1 is 1.31 bits per heavy atom. The number of carbonyl (C=O) groups is 1. The number of hydrogen-bond donors (Lipinski definition) is 0. The Kier molecular flexibility index (Phi) is 7.12. The third-order valence-corrected chi connectivity index (χ3v) is 5.28. The molecule has 142 valence electrons. The molecule has 0 aromatic carbocycles. The number of thioether (sulfide) groups is 1. The lowest BCUT2D eigenvalue weighted by molar-refractivity contribution is 0.00578. The predicted octanol–water partition coefficient (Wildman–Crippen LogP) is 3.28. The molecule has 1 aliphatic heterocycles. The van der Waals surface area contributed by atoms with Gasteiger partial charge in [0.15, 0.2) is 10.9 Å². The van der Waals surface area contributed by atoms with Crippen molar-refractivity contribution in [3.05, 3.63) is 28.6 Å². The second kappa shape index (κ2) is 8.73. The molecule has 7 nitrogen and oxygen atoms in total. The van der Waals surface area contributed by atoms with Crippen molar-refractivity contribution < 1.29 is 23.6 Å². The van der Waals surface area contributed by atoms with Crippen LogP contribution in [0.25, 0.3) is 0 Å². The van der Waals surface area contributed by atoms with E-state index in [0.29, 0.717) is 9.63 Å². The van der Waals surface area contributed by atoms with Gasteiger partial charge in [0.1, 0.15) is 13.2 Å². The average Bonchev–Trinajstić information content (AvgIpc) is 2.78. The number of rotatable bonds is 7. The number of carbonyl (C=O) groups excluding carboxylic acids is 1. The summed E-state index contributed by atoms with van der Waals surface area (Å²) >= 11 is 4.59. The van der Waals surface area contributed by atoms with Crippen LogP contribution in [0.1, 0.15) is 38.2 Å². The van der Waals surface area contributed by atoms with Crippen molar-refractivity contribution in [1.82, 2.24) is 9.97 Å². The molecule has 26 heavy (non-hydrogen) atoms. The van der Waals surface area contributed by atoms with E-state index in [4.69, 9.17) is 18.8 Å². The largest absolute Gasteiger partial charge is 0.499 e. The van der Waals surface area contributed by atoms with Crippen molar-refractivity contribution in [2.75, 3.05) is 19.5 Å². The van der Waals surface area contributed by atoms with Crippen molar-refractivity contribution in [2.45, 2.75) is 44.1 Å². The molecule has 0 N–H and O–H groups in total. The Hall–Kier alpha value is -1.10. The van der Waals surface area contributed by atoms with E-state index in [9.17, 15) is 4.79 Å². The van der Waals surface area contributed by atoms with E-state index in [1.165, 1.54) is 24.2 Å². The fraction of sp³-hybridized carbons (Fsp3) is 0.562. The van der Waals surface area contributed by atoms with Crippen LogP contribution in [0, 0.1) is 0 Å². The highest BCUT2D eigenvalue weighted by atomic mass is 79.9. The Balaban J connectivity index is 1.74. The van der Waals surface area contributed by atoms with Gasteiger partial charge >= 0.3 is 13.1 Å². The van der Waals surface area contributed by atoms with Gasteiger partial charge in [-0.05, 0) is 55.9 Å². The molecule has 2 heterocycles. The molecular formula is C16H22BBrN2O5S. The molecule has 2 rings (SSSR count). The highest BCUT2D eigenvalue weighted by Crippen LogP contribution is 2.36. The van der Waals surface area contributed by atoms with Crippen LogP contribution in [0.15, 0.2) is 28.1 Å². The monoisotopic (exact) mass is 444 g/mol. The zero-order valence-corrected chi connectivity index (χ0v) is 17.8. The summed E-state index contributed by atoms with van der Waals surface area (Å²) in [6, 6.07) is 0. The molecule has 1 fully saturated rings. The maximum absolute atomic E-state index is 12.1. The van der Waals surface area contributed by atoms with Gasteiger partial charge in [-0.15, -0.1) is 0 Å². The van der Waals surface area contributed by atoms with Crippen LogP contribution in [0.5, 0.6) is 0 Å². The molecule has 1 aliphatic rings. The Labute approximate surface area is 166 Å². The SMILES string of the molecule is CSc1ncc(Br)c(C(=O)OCCO/C=C/B2OC(C)(C)C(C)(C)O2)n1. The zero-order chi connectivity index (χ0) is 19.4. The highest BCUT2D eigenvalue weighted by Gasteiger charge is 2.50. The number of halogens is 1. The van der Waals surface area contributed by atoms with Crippen LogP contribution < -0.4 is 0 Å². The minimum atomic E-state index is -0.534. The summed E-state index contributed by atoms with van der Waals surface area (Å²) in [6.45, 7) is 8.23. The van der Waals surface area contributed by atoms with Crippen LogP contribution >= 0.6 is 27.7 Å². The van der Waals surface area contributed by atoms with Gasteiger partial charge in [-0.2, -0.15) is 0 Å². The first-order valence-electron chi connectivity index (χ1n) is 8.04. The van der Waals surface area contributed by atoms with E-state index in [0.717, 1.165) is 0 Å². The second-order valence-corrected chi connectivity index (χ2v) is 8.14. The molecule has 1 aromatic heterocycles. The Morgan fingerprint density at radius 3 is 2.58 bits per heavy atom. The van der Waals surface area contributed by atoms with Crippen molar-refractivity contribution >= 4 is 40.8 Å². The second-order valence-electron chi connectivity index (χ2n) is 6.51. The summed E-state index contributed by atoms with van der Waals surface area (Å²) in [5, 5.41) is 0.502. The lowest BCUT2D eigenvalue weighted by atomic mass is 9.90. The van der Waals surface area contributed by atoms with E-state index in [-0.39, 0.29) is 18.9 Å². The Morgan fingerprint density at radius 2 is 1.96 bits per heavy atom. The molecule has 1 saturated heterocycles. The summed E-state index contributed by atoms with van der Waals surface area (Å²) in [6.07, 6.45) is 4.85. The van der Waals surface area contributed by atoms with E-state index in [1.54, 1.807) is 5.98 Å². The van der Waals surface area contributed by atoms with Gasteiger partial charge in [-0.1, -0.05) is 11.8 Å². The molecule has 0 unspecified atom stereocenters. The number of nitrogens with zero attached hydrogens (tertiary/aromatic N) is 2. The van der Waals surface area contributed by atoms with Gasteiger partial charge in [0.05, 0.1) is 21.9 Å². The van der Waals surface area contributed by atoms with Gasteiger partial charge in [0, 0.05) is 6.20 Å². The van der Waals surface area contributed by atoms with Crippen molar-refractivity contribution in [1.29, 1.82) is 0 Å². The lowest BCUT2D eigenvalue weighted by Gasteiger charge is -2.32. The van der Waals surface area contributed by atoms with Gasteiger partial charge in [0.25, 0.3) is 0 Å². The van der Waals surface area contributed by atoms with E-state index in [2.05, 4.69) is 25.9 Å². The van der Waals surface area contributed by atoms with Crippen LogP contribution in [-0.4, -0.2) is 53.7 Å². The van der Waals surface area contributed by atoms with Gasteiger partial charge in [-0.3, -0.25) is 0 Å². The summed E-state index contributed by atoms with van der Waals surface area (Å²) in [5.74, 6) is 1.15. The smallest absolute Gasteiger partial charge is 0.490 e. The normalized spacial score (nSPS) is 18.3. The summed E-state index contributed by atoms with van der Waals surface area (Å²) < 4.78 is 22.6. The molecule has 0 aliphatic carbocycles. The molecule has 0 bridgehead atoms. The quantitative estimate of drug-likeness (QED) is 0.158. The maximum Gasteiger partial charge on any atom is 0.490 e. The third kappa shape index (κ3) is 5.22. The van der Waals surface area contributed by atoms with Gasteiger partial charge in [0.2, 0.25) is 0 Å². The molecule has 0 atom stereocenters. The molecule has 0 saturated carbocycles. The Bertz CT molecular complexity index is 671. The predicted molar refractivity (Wildman–Crippen MR) is 103 cm³/mol. The van der Waals surface area contributed by atoms with Crippen molar-refractivity contribution in [3.63, 3.8) is 0 Å². The van der Waals surface area contributed by atoms with Crippen LogP contribution in [-0.2, 0) is 18.8 Å². The molecule has 0 amide bonds. The van der Waals surface area contributed by atoms with E-state index >= 15 is 0 Å². The minimum Gasteiger partial charge on any atom is -0.499 e. The lowest BCUT2D eigenvalue weighted by Crippen LogP contribution is -2.41. The summed E-state index contributed by atoms with van der Waals surface area (Å²) in [4.78, 5) is 20.2. The molecule has 0 spiro atoms. The average molecular weight is 445 g/mol. The summed E-state index contributed by atoms with van der Waals surface area (Å²) in [5.41, 5.74) is -0.590. The topological polar surface area (TPSA) is 79.8 Å². The molecule has 1 aromatic rings. The number of esters is 1. The van der Waals surface area contributed by atoms with Crippen LogP contribution in [0.2, 0.25) is 0 Å². The summed E-state index contributed by atoms with van der Waals surface area (Å²) in [7, 11) is -0.468. The number of ether oxygens (including phenoxy) is 2. The minimum absolute atomic E-state index is 0.0948. The maximum atomic E-state index is 12.1. The van der Waals surface area contributed by atoms with Crippen molar-refractivity contribution in [3.8, 4) is 0 Å². The van der Waals surface area contributed by atoms with E-state index < -0.39 is 24.3 Å². The first kappa shape index (κ1) is 21.2. The fourth-order valence-corrected chi connectivity index (χ4v) is 2.69. The van der Waals surface area contributed by atoms with Crippen LogP contribution in [0.4, 0.5) is 0 Å². The molecule has 10 heteroatoms. The first-order valence-corrected chi connectivity index (χ1v) is 10.1. The zero-order valence-electron chi connectivity index (χ0n) is 15.4. The molecule has 0 radical (unpaired) electrons. The fourth-order valence-electron chi connectivity index (χ4n) is 2.00. The molecular weight excluding hydrogens is 423 g/mol. The highest BCUT2D eigenvalue weighted by molar-refractivity contribution is 9.10. The van der Waals surface area contributed by atoms with Gasteiger partial charge in [-0.25, -0.2) is 14.8 Å². The van der Waals surface area contributed by atoms with Gasteiger partial charge < -0.3 is 18.8 Å². The third-order valence-electron chi connectivity index (χ3n) is 4.14. The van der Waals surface area contributed by atoms with E-state index in [1.807, 2.05) is 34.0 Å². The number of hydrogen-bond acceptors (Lipinski definition) is 8. The first-order chi connectivity index (χ1) is 12.2. The number of aromatic nitrogens is 2. The standard InChI is InChI=1S/C16H22BBrN2O5S/c1-15(2)16(3,4)25-17(24-15)6-7-22-8-9-23-13(21)12-11(18)10-19-14(20-12)26-5/h6-7,10H,8-9H2,1-5H3/b7-6+.